The number of ether oxygens (including phenoxy) is 1. The average molecular weight is 442 g/mol. The van der Waals surface area contributed by atoms with Crippen LogP contribution in [0.4, 0.5) is 14.5 Å². The van der Waals surface area contributed by atoms with Crippen molar-refractivity contribution in [1.82, 2.24) is 4.90 Å². The number of anilines is 1. The Morgan fingerprint density at radius 3 is 2.47 bits per heavy atom. The molecule has 32 heavy (non-hydrogen) atoms. The maximum absolute atomic E-state index is 13.9. The predicted octanol–water partition coefficient (Wildman–Crippen LogP) is 3.35. The van der Waals surface area contributed by atoms with Crippen LogP contribution in [0.25, 0.3) is 5.57 Å². The number of amides is 2. The molecule has 1 atom stereocenters. The van der Waals surface area contributed by atoms with E-state index in [1.54, 1.807) is 24.3 Å². The van der Waals surface area contributed by atoms with Crippen molar-refractivity contribution in [2.24, 2.45) is 5.92 Å². The summed E-state index contributed by atoms with van der Waals surface area (Å²) in [6.07, 6.45) is 1.59. The SMILES string of the molecule is CCOc1ccc(C2=C(N3CCCC(CO)C3)C(=O)N(c3ccc(F)c(F)c3)C2=O)cc1. The van der Waals surface area contributed by atoms with E-state index >= 15 is 0 Å². The number of aliphatic hydroxyl groups excluding tert-OH is 1. The van der Waals surface area contributed by atoms with Gasteiger partial charge in [-0.05, 0) is 55.5 Å². The third kappa shape index (κ3) is 3.98. The van der Waals surface area contributed by atoms with Crippen LogP contribution in [0.15, 0.2) is 48.2 Å². The molecule has 2 amide bonds. The minimum absolute atomic E-state index is 0.0157. The number of likely N-dealkylation sites (tertiary alicyclic amines) is 1. The van der Waals surface area contributed by atoms with Crippen LogP contribution in [0.2, 0.25) is 0 Å². The number of carbonyl (C=O) groups is 2. The Morgan fingerprint density at radius 2 is 1.81 bits per heavy atom. The van der Waals surface area contributed by atoms with Crippen molar-refractivity contribution >= 4 is 23.1 Å². The Labute approximate surface area is 184 Å². The quantitative estimate of drug-likeness (QED) is 0.695. The second-order valence-electron chi connectivity index (χ2n) is 7.86. The van der Waals surface area contributed by atoms with Gasteiger partial charge in [-0.25, -0.2) is 13.7 Å². The molecule has 6 nitrogen and oxygen atoms in total. The summed E-state index contributed by atoms with van der Waals surface area (Å²) in [4.78, 5) is 29.6. The number of piperidine rings is 1. The van der Waals surface area contributed by atoms with Crippen LogP contribution >= 0.6 is 0 Å². The number of hydrogen-bond donors (Lipinski definition) is 1. The third-order valence-electron chi connectivity index (χ3n) is 5.77. The molecule has 0 radical (unpaired) electrons. The zero-order valence-corrected chi connectivity index (χ0v) is 17.7. The highest BCUT2D eigenvalue weighted by atomic mass is 19.2. The summed E-state index contributed by atoms with van der Waals surface area (Å²) in [6, 6.07) is 9.78. The summed E-state index contributed by atoms with van der Waals surface area (Å²) >= 11 is 0. The first kappa shape index (κ1) is 22.0. The van der Waals surface area contributed by atoms with E-state index in [-0.39, 0.29) is 29.5 Å². The number of carbonyl (C=O) groups excluding carboxylic acids is 2. The second-order valence-corrected chi connectivity index (χ2v) is 7.86. The van der Waals surface area contributed by atoms with Crippen LogP contribution in [0.3, 0.4) is 0 Å². The molecule has 0 saturated carbocycles. The Morgan fingerprint density at radius 1 is 1.06 bits per heavy atom. The normalized spacial score (nSPS) is 19.2. The lowest BCUT2D eigenvalue weighted by Crippen LogP contribution is -2.40. The highest BCUT2D eigenvalue weighted by molar-refractivity contribution is 6.45. The fourth-order valence-corrected chi connectivity index (χ4v) is 4.23. The molecule has 0 aromatic heterocycles. The van der Waals surface area contributed by atoms with E-state index in [1.165, 1.54) is 6.07 Å². The number of imide groups is 1. The van der Waals surface area contributed by atoms with E-state index in [0.717, 1.165) is 29.9 Å². The van der Waals surface area contributed by atoms with Crippen molar-refractivity contribution in [3.63, 3.8) is 0 Å². The van der Waals surface area contributed by atoms with E-state index in [2.05, 4.69) is 0 Å². The number of aliphatic hydroxyl groups is 1. The number of hydrogen-bond acceptors (Lipinski definition) is 5. The fraction of sp³-hybridized carbons (Fsp3) is 0.333. The van der Waals surface area contributed by atoms with Crippen molar-refractivity contribution < 1.29 is 28.2 Å². The molecule has 2 aromatic carbocycles. The zero-order valence-electron chi connectivity index (χ0n) is 17.7. The summed E-state index contributed by atoms with van der Waals surface area (Å²) in [5.74, 6) is -2.79. The molecule has 1 saturated heterocycles. The van der Waals surface area contributed by atoms with E-state index in [9.17, 15) is 23.5 Å². The fourth-order valence-electron chi connectivity index (χ4n) is 4.23. The minimum Gasteiger partial charge on any atom is -0.494 e. The van der Waals surface area contributed by atoms with Gasteiger partial charge in [-0.2, -0.15) is 0 Å². The summed E-state index contributed by atoms with van der Waals surface area (Å²) in [6.45, 7) is 3.32. The van der Waals surface area contributed by atoms with Crippen LogP contribution < -0.4 is 9.64 Å². The van der Waals surface area contributed by atoms with Gasteiger partial charge in [0.25, 0.3) is 11.8 Å². The van der Waals surface area contributed by atoms with Gasteiger partial charge < -0.3 is 14.7 Å². The first-order valence-corrected chi connectivity index (χ1v) is 10.6. The Kier molecular flexibility index (Phi) is 6.23. The summed E-state index contributed by atoms with van der Waals surface area (Å²) in [5.41, 5.74) is 0.898. The lowest BCUT2D eigenvalue weighted by molar-refractivity contribution is -0.120. The first-order chi connectivity index (χ1) is 15.4. The van der Waals surface area contributed by atoms with Crippen LogP contribution in [-0.2, 0) is 9.59 Å². The van der Waals surface area contributed by atoms with Gasteiger partial charge >= 0.3 is 0 Å². The molecule has 0 aliphatic carbocycles. The van der Waals surface area contributed by atoms with Gasteiger partial charge in [-0.3, -0.25) is 9.59 Å². The topological polar surface area (TPSA) is 70.1 Å². The van der Waals surface area contributed by atoms with Crippen LogP contribution in [0.5, 0.6) is 5.75 Å². The maximum Gasteiger partial charge on any atom is 0.282 e. The Balaban J connectivity index is 1.79. The summed E-state index contributed by atoms with van der Waals surface area (Å²) < 4.78 is 32.8. The molecule has 4 rings (SSSR count). The maximum atomic E-state index is 13.9. The van der Waals surface area contributed by atoms with Crippen molar-refractivity contribution in [2.75, 3.05) is 31.2 Å². The van der Waals surface area contributed by atoms with Crippen LogP contribution in [0.1, 0.15) is 25.3 Å². The molecule has 1 fully saturated rings. The minimum atomic E-state index is -1.14. The standard InChI is InChI=1S/C24H24F2N2O4/c1-2-32-18-8-5-16(6-9-18)21-22(27-11-3-4-15(13-27)14-29)24(31)28(23(21)30)17-7-10-19(25)20(26)12-17/h5-10,12,15,29H,2-4,11,13-14H2,1H3. The monoisotopic (exact) mass is 442 g/mol. The van der Waals surface area contributed by atoms with E-state index in [1.807, 2.05) is 11.8 Å². The van der Waals surface area contributed by atoms with Gasteiger partial charge in [0.15, 0.2) is 11.6 Å². The highest BCUT2D eigenvalue weighted by Gasteiger charge is 2.43. The Bertz CT molecular complexity index is 1070. The largest absolute Gasteiger partial charge is 0.494 e. The molecular weight excluding hydrogens is 418 g/mol. The average Bonchev–Trinajstić information content (AvgIpc) is 3.06. The highest BCUT2D eigenvalue weighted by Crippen LogP contribution is 2.37. The molecule has 1 unspecified atom stereocenters. The number of nitrogens with zero attached hydrogens (tertiary/aromatic N) is 2. The van der Waals surface area contributed by atoms with Crippen molar-refractivity contribution in [1.29, 1.82) is 0 Å². The van der Waals surface area contributed by atoms with Crippen LogP contribution in [0, 0.1) is 17.6 Å². The van der Waals surface area contributed by atoms with Gasteiger partial charge in [-0.1, -0.05) is 12.1 Å². The molecule has 2 heterocycles. The van der Waals surface area contributed by atoms with Gasteiger partial charge in [-0.15, -0.1) is 0 Å². The van der Waals surface area contributed by atoms with Crippen molar-refractivity contribution in [2.45, 2.75) is 19.8 Å². The van der Waals surface area contributed by atoms with Gasteiger partial charge in [0.05, 0.1) is 17.9 Å². The Hall–Kier alpha value is -3.26. The number of rotatable bonds is 6. The first-order valence-electron chi connectivity index (χ1n) is 10.6. The molecule has 2 aliphatic heterocycles. The van der Waals surface area contributed by atoms with Gasteiger partial charge in [0.1, 0.15) is 11.4 Å². The van der Waals surface area contributed by atoms with Crippen LogP contribution in [-0.4, -0.2) is 48.1 Å². The smallest absolute Gasteiger partial charge is 0.282 e. The number of halogens is 2. The zero-order chi connectivity index (χ0) is 22.8. The van der Waals surface area contributed by atoms with Gasteiger partial charge in [0.2, 0.25) is 0 Å². The molecular formula is C24H24F2N2O4. The molecule has 0 bridgehead atoms. The molecule has 0 spiro atoms. The lowest BCUT2D eigenvalue weighted by atomic mass is 9.97. The summed E-state index contributed by atoms with van der Waals surface area (Å²) in [5, 5.41) is 9.62. The molecule has 1 N–H and O–H groups in total. The number of benzene rings is 2. The lowest BCUT2D eigenvalue weighted by Gasteiger charge is -2.34. The molecule has 168 valence electrons. The van der Waals surface area contributed by atoms with E-state index in [4.69, 9.17) is 4.74 Å². The van der Waals surface area contributed by atoms with E-state index in [0.29, 0.717) is 31.0 Å². The third-order valence-corrected chi connectivity index (χ3v) is 5.77. The van der Waals surface area contributed by atoms with E-state index < -0.39 is 23.4 Å². The predicted molar refractivity (Wildman–Crippen MR) is 115 cm³/mol. The molecule has 2 aromatic rings. The van der Waals surface area contributed by atoms with Gasteiger partial charge in [0, 0.05) is 25.8 Å². The molecule has 8 heteroatoms. The molecule has 2 aliphatic rings. The van der Waals surface area contributed by atoms with Crippen molar-refractivity contribution in [3.8, 4) is 5.75 Å². The summed E-state index contributed by atoms with van der Waals surface area (Å²) in [7, 11) is 0. The van der Waals surface area contributed by atoms with Crippen molar-refractivity contribution in [3.05, 3.63) is 65.4 Å². The second kappa shape index (κ2) is 9.08.